The SMILES string of the molecule is CCCCCCC/C=C\C/C=C\C/C=C\CCCCCCCCCCCCCCCCCCCCCCCCCCCCC(=O)NC(COP(=O)([O-])OCC[N+](C)(C)C)C(O)/C=C/CCCCCCC. The van der Waals surface area contributed by atoms with Crippen LogP contribution in [0.15, 0.2) is 48.6 Å². The van der Waals surface area contributed by atoms with Crippen LogP contribution in [0.5, 0.6) is 0 Å². The van der Waals surface area contributed by atoms with Crippen molar-refractivity contribution in [3.63, 3.8) is 0 Å². The Bertz CT molecular complexity index is 1280. The number of nitrogens with zero attached hydrogens (tertiary/aromatic N) is 1. The summed E-state index contributed by atoms with van der Waals surface area (Å²) >= 11 is 0. The molecule has 0 radical (unpaired) electrons. The summed E-state index contributed by atoms with van der Waals surface area (Å²) in [6, 6.07) is -0.881. The van der Waals surface area contributed by atoms with Gasteiger partial charge in [0.15, 0.2) is 0 Å². The Kier molecular flexibility index (Phi) is 51.2. The smallest absolute Gasteiger partial charge is 0.268 e. The molecule has 3 unspecified atom stereocenters. The molecule has 0 fully saturated rings. The fourth-order valence-corrected chi connectivity index (χ4v) is 9.53. The number of unbranched alkanes of at least 4 members (excludes halogenated alkanes) is 36. The number of carbonyl (C=O) groups is 1. The van der Waals surface area contributed by atoms with Crippen molar-refractivity contribution in [1.82, 2.24) is 5.32 Å². The molecule has 0 aromatic heterocycles. The van der Waals surface area contributed by atoms with Gasteiger partial charge in [-0.1, -0.05) is 268 Å². The maximum absolute atomic E-state index is 12.9. The van der Waals surface area contributed by atoms with Crippen LogP contribution < -0.4 is 10.2 Å². The molecule has 2 N–H and O–H groups in total. The highest BCUT2D eigenvalue weighted by atomic mass is 31.2. The van der Waals surface area contributed by atoms with E-state index in [1.54, 1.807) is 6.08 Å². The quantitative estimate of drug-likeness (QED) is 0.0272. The van der Waals surface area contributed by atoms with Crippen molar-refractivity contribution >= 4 is 13.7 Å². The molecule has 0 aliphatic heterocycles. The summed E-state index contributed by atoms with van der Waals surface area (Å²) in [5.74, 6) is -0.198. The molecule has 0 aliphatic rings. The molecule has 0 aliphatic carbocycles. The minimum atomic E-state index is -4.58. The monoisotopic (exact) mass is 1000 g/mol. The normalized spacial score (nSPS) is 14.2. The Morgan fingerprint density at radius 1 is 0.500 bits per heavy atom. The number of phosphoric acid groups is 1. The van der Waals surface area contributed by atoms with Crippen molar-refractivity contribution in [3.8, 4) is 0 Å². The topological polar surface area (TPSA) is 108 Å². The number of rotatable bonds is 55. The predicted molar refractivity (Wildman–Crippen MR) is 302 cm³/mol. The van der Waals surface area contributed by atoms with Crippen LogP contribution in [0, 0.1) is 0 Å². The lowest BCUT2D eigenvalue weighted by molar-refractivity contribution is -0.870. The van der Waals surface area contributed by atoms with E-state index in [0.29, 0.717) is 17.4 Å². The first-order valence-electron chi connectivity index (χ1n) is 30.0. The highest BCUT2D eigenvalue weighted by Gasteiger charge is 2.23. The third kappa shape index (κ3) is 54.2. The number of nitrogens with one attached hydrogen (secondary N) is 1. The van der Waals surface area contributed by atoms with E-state index in [1.165, 1.54) is 212 Å². The first-order chi connectivity index (χ1) is 34.0. The summed E-state index contributed by atoms with van der Waals surface area (Å²) in [5, 5.41) is 13.7. The average molecular weight is 1010 g/mol. The Morgan fingerprint density at radius 3 is 1.20 bits per heavy atom. The van der Waals surface area contributed by atoms with Crippen LogP contribution in [0.4, 0.5) is 0 Å². The van der Waals surface area contributed by atoms with E-state index in [0.717, 1.165) is 51.4 Å². The van der Waals surface area contributed by atoms with Gasteiger partial charge in [0.05, 0.1) is 39.9 Å². The lowest BCUT2D eigenvalue weighted by Crippen LogP contribution is -2.45. The van der Waals surface area contributed by atoms with Crippen LogP contribution >= 0.6 is 7.82 Å². The molecule has 0 aromatic rings. The van der Waals surface area contributed by atoms with E-state index in [-0.39, 0.29) is 19.1 Å². The van der Waals surface area contributed by atoms with Gasteiger partial charge in [-0.25, -0.2) is 0 Å². The van der Waals surface area contributed by atoms with E-state index in [9.17, 15) is 19.4 Å². The molecule has 412 valence electrons. The number of aliphatic hydroxyl groups excluding tert-OH is 1. The van der Waals surface area contributed by atoms with Crippen LogP contribution in [0.1, 0.15) is 284 Å². The molecule has 0 spiro atoms. The number of allylic oxidation sites excluding steroid dienone is 7. The van der Waals surface area contributed by atoms with Crippen molar-refractivity contribution in [2.75, 3.05) is 40.9 Å². The minimum Gasteiger partial charge on any atom is -0.756 e. The number of likely N-dealkylation sites (N-methyl/N-ethyl adjacent to an activating group) is 1. The van der Waals surface area contributed by atoms with Gasteiger partial charge in [0, 0.05) is 6.42 Å². The highest BCUT2D eigenvalue weighted by Crippen LogP contribution is 2.38. The molecule has 0 bridgehead atoms. The van der Waals surface area contributed by atoms with E-state index < -0.39 is 20.0 Å². The highest BCUT2D eigenvalue weighted by molar-refractivity contribution is 7.45. The summed E-state index contributed by atoms with van der Waals surface area (Å²) in [4.78, 5) is 25.3. The van der Waals surface area contributed by atoms with Crippen LogP contribution in [0.2, 0.25) is 0 Å². The van der Waals surface area contributed by atoms with Crippen LogP contribution in [-0.4, -0.2) is 68.5 Å². The van der Waals surface area contributed by atoms with E-state index >= 15 is 0 Å². The van der Waals surface area contributed by atoms with Gasteiger partial charge in [-0.3, -0.25) is 9.36 Å². The fourth-order valence-electron chi connectivity index (χ4n) is 8.81. The van der Waals surface area contributed by atoms with E-state index in [1.807, 2.05) is 27.2 Å². The zero-order valence-corrected chi connectivity index (χ0v) is 47.9. The summed E-state index contributed by atoms with van der Waals surface area (Å²) in [7, 11) is 1.27. The summed E-state index contributed by atoms with van der Waals surface area (Å²) < 4.78 is 23.2. The second kappa shape index (κ2) is 52.3. The second-order valence-electron chi connectivity index (χ2n) is 21.7. The van der Waals surface area contributed by atoms with Crippen molar-refractivity contribution in [3.05, 3.63) is 48.6 Å². The average Bonchev–Trinajstić information content (AvgIpc) is 3.32. The maximum atomic E-state index is 12.9. The van der Waals surface area contributed by atoms with Gasteiger partial charge < -0.3 is 28.8 Å². The third-order valence-electron chi connectivity index (χ3n) is 13.5. The number of quaternary nitrogens is 1. The first-order valence-corrected chi connectivity index (χ1v) is 31.5. The number of phosphoric ester groups is 1. The zero-order chi connectivity index (χ0) is 51.3. The van der Waals surface area contributed by atoms with Crippen molar-refractivity contribution in [2.24, 2.45) is 0 Å². The molecular formula is C61H117N2O6P. The molecule has 1 amide bonds. The molecular weight excluding hydrogens is 888 g/mol. The molecule has 3 atom stereocenters. The lowest BCUT2D eigenvalue weighted by Gasteiger charge is -2.29. The number of hydrogen-bond donors (Lipinski definition) is 2. The van der Waals surface area contributed by atoms with Gasteiger partial charge >= 0.3 is 0 Å². The Labute approximate surface area is 435 Å². The standard InChI is InChI=1S/C61H117N2O6P/c1-6-8-10-12-14-15-16-17-18-19-20-21-22-23-24-25-26-27-28-29-30-31-32-33-34-35-36-37-38-39-40-41-42-43-44-45-46-47-49-51-53-55-61(65)62-59(60(64)54-52-50-48-13-11-9-7-2)58-69-70(66,67)68-57-56-63(3,4)5/h16-17,19-20,22-23,52,54,59-60,64H,6-15,18,21,24-51,53,55-58H2,1-5H3,(H-,62,65,66,67)/b17-16-,20-19-,23-22-,54-52+. The van der Waals surface area contributed by atoms with Crippen LogP contribution in [-0.2, 0) is 18.4 Å². The second-order valence-corrected chi connectivity index (χ2v) is 23.1. The molecule has 0 saturated heterocycles. The third-order valence-corrected chi connectivity index (χ3v) is 14.5. The van der Waals surface area contributed by atoms with Gasteiger partial charge in [0.2, 0.25) is 5.91 Å². The van der Waals surface area contributed by atoms with Crippen molar-refractivity contribution < 1.29 is 32.9 Å². The molecule has 0 saturated carbocycles. The summed E-state index contributed by atoms with van der Waals surface area (Å²) in [6.07, 6.45) is 69.7. The largest absolute Gasteiger partial charge is 0.756 e. The molecule has 70 heavy (non-hydrogen) atoms. The summed E-state index contributed by atoms with van der Waals surface area (Å²) in [5.41, 5.74) is 0. The Morgan fingerprint density at radius 2 is 0.829 bits per heavy atom. The molecule has 0 rings (SSSR count). The van der Waals surface area contributed by atoms with Gasteiger partial charge in [-0.2, -0.15) is 0 Å². The van der Waals surface area contributed by atoms with Gasteiger partial charge in [-0.05, 0) is 57.8 Å². The molecule has 9 heteroatoms. The zero-order valence-electron chi connectivity index (χ0n) is 47.0. The molecule has 0 heterocycles. The number of hydrogen-bond acceptors (Lipinski definition) is 6. The van der Waals surface area contributed by atoms with Crippen molar-refractivity contribution in [1.29, 1.82) is 0 Å². The Balaban J connectivity index is 3.72. The number of amides is 1. The van der Waals surface area contributed by atoms with Gasteiger partial charge in [0.25, 0.3) is 7.82 Å². The number of carbonyl (C=O) groups excluding carboxylic acids is 1. The van der Waals surface area contributed by atoms with E-state index in [4.69, 9.17) is 9.05 Å². The molecule has 8 nitrogen and oxygen atoms in total. The predicted octanol–water partition coefficient (Wildman–Crippen LogP) is 17.7. The van der Waals surface area contributed by atoms with Gasteiger partial charge in [0.1, 0.15) is 13.2 Å². The fraction of sp³-hybridized carbons (Fsp3) is 0.852. The van der Waals surface area contributed by atoms with E-state index in [2.05, 4.69) is 55.6 Å². The first kappa shape index (κ1) is 68.5. The number of aliphatic hydroxyl groups is 1. The van der Waals surface area contributed by atoms with Crippen LogP contribution in [0.3, 0.4) is 0 Å². The maximum Gasteiger partial charge on any atom is 0.268 e. The van der Waals surface area contributed by atoms with Crippen molar-refractivity contribution in [2.45, 2.75) is 296 Å². The van der Waals surface area contributed by atoms with Gasteiger partial charge in [-0.15, -0.1) is 0 Å². The minimum absolute atomic E-state index is 0.000265. The Hall–Kier alpha value is -1.54. The lowest BCUT2D eigenvalue weighted by atomic mass is 10.0. The summed E-state index contributed by atoms with van der Waals surface area (Å²) in [6.45, 7) is 4.59. The molecule has 0 aromatic carbocycles. The van der Waals surface area contributed by atoms with Crippen LogP contribution in [0.25, 0.3) is 0 Å².